The zero-order valence-corrected chi connectivity index (χ0v) is 13.3. The number of aromatic nitrogens is 1. The fourth-order valence-corrected chi connectivity index (χ4v) is 1.95. The normalized spacial score (nSPS) is 10.1. The lowest BCUT2D eigenvalue weighted by atomic mass is 10.2. The first-order chi connectivity index (χ1) is 8.56. The smallest absolute Gasteiger partial charge is 0.256 e. The van der Waals surface area contributed by atoms with Crippen LogP contribution >= 0.6 is 45.2 Å². The lowest BCUT2D eigenvalue weighted by Crippen LogP contribution is -2.12. The van der Waals surface area contributed by atoms with Gasteiger partial charge in [-0.2, -0.15) is 0 Å². The molecule has 0 spiro atoms. The molecule has 0 aliphatic carbocycles. The highest BCUT2D eigenvalue weighted by atomic mass is 127. The average Bonchev–Trinajstić information content (AvgIpc) is 2.35. The Morgan fingerprint density at radius 3 is 2.61 bits per heavy atom. The number of halogens is 2. The van der Waals surface area contributed by atoms with Crippen molar-refractivity contribution in [2.24, 2.45) is 0 Å². The number of carbonyl (C=O) groups is 1. The minimum atomic E-state index is -0.296. The van der Waals surface area contributed by atoms with E-state index in [9.17, 15) is 9.90 Å². The Labute approximate surface area is 131 Å². The second-order valence-corrected chi connectivity index (χ2v) is 5.89. The number of aromatic hydroxyl groups is 1. The van der Waals surface area contributed by atoms with Crippen molar-refractivity contribution >= 4 is 56.9 Å². The van der Waals surface area contributed by atoms with Crippen LogP contribution in [0.4, 0.5) is 5.82 Å². The van der Waals surface area contributed by atoms with Crippen LogP contribution in [0.15, 0.2) is 36.5 Å². The van der Waals surface area contributed by atoms with Gasteiger partial charge in [0.05, 0.1) is 3.57 Å². The number of phenols is 1. The monoisotopic (exact) mass is 466 g/mol. The molecule has 1 amide bonds. The minimum absolute atomic E-state index is 0.0961. The van der Waals surface area contributed by atoms with Crippen molar-refractivity contribution in [2.75, 3.05) is 5.32 Å². The van der Waals surface area contributed by atoms with Crippen LogP contribution < -0.4 is 5.32 Å². The molecule has 0 saturated carbocycles. The maximum atomic E-state index is 11.9. The van der Waals surface area contributed by atoms with E-state index in [4.69, 9.17) is 0 Å². The first kappa shape index (κ1) is 13.5. The standard InChI is InChI=1S/C12H8I2N2O2/c13-8-2-4-11(15-6-8)16-12(18)7-1-3-9(14)10(17)5-7/h1-6,17H,(H,15,16,18). The minimum Gasteiger partial charge on any atom is -0.507 e. The molecule has 1 aromatic heterocycles. The van der Waals surface area contributed by atoms with Crippen LogP contribution in [0.5, 0.6) is 5.75 Å². The number of pyridine rings is 1. The predicted octanol–water partition coefficient (Wildman–Crippen LogP) is 3.25. The molecule has 0 bridgehead atoms. The molecule has 0 aliphatic rings. The Bertz CT molecular complexity index is 585. The highest BCUT2D eigenvalue weighted by Gasteiger charge is 2.09. The summed E-state index contributed by atoms with van der Waals surface area (Å²) < 4.78 is 1.70. The maximum Gasteiger partial charge on any atom is 0.256 e. The summed E-state index contributed by atoms with van der Waals surface area (Å²) >= 11 is 4.14. The van der Waals surface area contributed by atoms with Gasteiger partial charge in [0.2, 0.25) is 0 Å². The highest BCUT2D eigenvalue weighted by molar-refractivity contribution is 14.1. The average molecular weight is 466 g/mol. The van der Waals surface area contributed by atoms with Gasteiger partial charge in [0.1, 0.15) is 11.6 Å². The van der Waals surface area contributed by atoms with Crippen molar-refractivity contribution in [3.63, 3.8) is 0 Å². The van der Waals surface area contributed by atoms with E-state index in [-0.39, 0.29) is 11.7 Å². The van der Waals surface area contributed by atoms with Gasteiger partial charge in [-0.25, -0.2) is 4.98 Å². The molecule has 0 radical (unpaired) electrons. The molecule has 2 rings (SSSR count). The van der Waals surface area contributed by atoms with Crippen LogP contribution in [-0.2, 0) is 0 Å². The number of anilines is 1. The van der Waals surface area contributed by atoms with Crippen LogP contribution in [0.25, 0.3) is 0 Å². The largest absolute Gasteiger partial charge is 0.507 e. The van der Waals surface area contributed by atoms with Crippen molar-refractivity contribution in [3.8, 4) is 5.75 Å². The van der Waals surface area contributed by atoms with Gasteiger partial charge in [0, 0.05) is 15.3 Å². The molecular formula is C12H8I2N2O2. The molecule has 2 N–H and O–H groups in total. The Morgan fingerprint density at radius 1 is 1.22 bits per heavy atom. The topological polar surface area (TPSA) is 62.2 Å². The molecule has 0 unspecified atom stereocenters. The lowest BCUT2D eigenvalue weighted by molar-refractivity contribution is 0.102. The van der Waals surface area contributed by atoms with E-state index in [1.807, 2.05) is 28.7 Å². The summed E-state index contributed by atoms with van der Waals surface area (Å²) in [6.07, 6.45) is 1.67. The van der Waals surface area contributed by atoms with E-state index in [0.29, 0.717) is 15.0 Å². The molecule has 0 aliphatic heterocycles. The third kappa shape index (κ3) is 3.31. The van der Waals surface area contributed by atoms with Crippen molar-refractivity contribution in [3.05, 3.63) is 49.2 Å². The molecule has 92 valence electrons. The number of nitrogens with zero attached hydrogens (tertiary/aromatic N) is 1. The van der Waals surface area contributed by atoms with Crippen molar-refractivity contribution in [1.29, 1.82) is 0 Å². The Morgan fingerprint density at radius 2 is 2.00 bits per heavy atom. The highest BCUT2D eigenvalue weighted by Crippen LogP contribution is 2.21. The van der Waals surface area contributed by atoms with Gasteiger partial charge in [-0.05, 0) is 75.5 Å². The Hall–Kier alpha value is -0.900. The van der Waals surface area contributed by atoms with E-state index in [2.05, 4.69) is 32.9 Å². The second-order valence-electron chi connectivity index (χ2n) is 3.48. The van der Waals surface area contributed by atoms with Gasteiger partial charge in [-0.1, -0.05) is 0 Å². The van der Waals surface area contributed by atoms with Crippen molar-refractivity contribution in [1.82, 2.24) is 4.98 Å². The van der Waals surface area contributed by atoms with E-state index >= 15 is 0 Å². The van der Waals surface area contributed by atoms with E-state index in [1.165, 1.54) is 6.07 Å². The van der Waals surface area contributed by atoms with Gasteiger partial charge in [-0.15, -0.1) is 0 Å². The van der Waals surface area contributed by atoms with Crippen LogP contribution in [0.1, 0.15) is 10.4 Å². The number of amides is 1. The van der Waals surface area contributed by atoms with Crippen molar-refractivity contribution in [2.45, 2.75) is 0 Å². The van der Waals surface area contributed by atoms with E-state index in [1.54, 1.807) is 24.4 Å². The van der Waals surface area contributed by atoms with Crippen LogP contribution in [0.3, 0.4) is 0 Å². The summed E-state index contributed by atoms with van der Waals surface area (Å²) in [5.41, 5.74) is 0.397. The van der Waals surface area contributed by atoms with E-state index < -0.39 is 0 Å². The van der Waals surface area contributed by atoms with Gasteiger partial charge in [0.15, 0.2) is 0 Å². The van der Waals surface area contributed by atoms with Gasteiger partial charge in [-0.3, -0.25) is 4.79 Å². The van der Waals surface area contributed by atoms with Crippen LogP contribution in [0.2, 0.25) is 0 Å². The molecule has 0 atom stereocenters. The Kier molecular flexibility index (Phi) is 4.38. The van der Waals surface area contributed by atoms with Gasteiger partial charge < -0.3 is 10.4 Å². The summed E-state index contributed by atoms with van der Waals surface area (Å²) in [5, 5.41) is 12.2. The number of hydrogen-bond acceptors (Lipinski definition) is 3. The number of nitrogens with one attached hydrogen (secondary N) is 1. The SMILES string of the molecule is O=C(Nc1ccc(I)cn1)c1ccc(I)c(O)c1. The number of carbonyl (C=O) groups excluding carboxylic acids is 1. The number of benzene rings is 1. The molecule has 18 heavy (non-hydrogen) atoms. The van der Waals surface area contributed by atoms with Crippen LogP contribution in [-0.4, -0.2) is 16.0 Å². The zero-order chi connectivity index (χ0) is 13.1. The quantitative estimate of drug-likeness (QED) is 0.669. The zero-order valence-electron chi connectivity index (χ0n) is 9.02. The summed E-state index contributed by atoms with van der Waals surface area (Å²) in [5.74, 6) is 0.285. The number of rotatable bonds is 2. The fourth-order valence-electron chi connectivity index (χ4n) is 1.29. The molecule has 6 heteroatoms. The second kappa shape index (κ2) is 5.83. The summed E-state index contributed by atoms with van der Waals surface area (Å²) in [7, 11) is 0. The summed E-state index contributed by atoms with van der Waals surface area (Å²) in [6, 6.07) is 8.36. The third-order valence-electron chi connectivity index (χ3n) is 2.18. The molecule has 1 aromatic carbocycles. The Balaban J connectivity index is 2.16. The van der Waals surface area contributed by atoms with Crippen molar-refractivity contribution < 1.29 is 9.90 Å². The van der Waals surface area contributed by atoms with E-state index in [0.717, 1.165) is 3.57 Å². The molecule has 4 nitrogen and oxygen atoms in total. The fraction of sp³-hybridized carbons (Fsp3) is 0. The summed E-state index contributed by atoms with van der Waals surface area (Å²) in [4.78, 5) is 16.0. The third-order valence-corrected chi connectivity index (χ3v) is 3.73. The molecule has 0 saturated heterocycles. The van der Waals surface area contributed by atoms with Gasteiger partial charge >= 0.3 is 0 Å². The molecule has 2 aromatic rings. The maximum absolute atomic E-state index is 11.9. The molecule has 0 fully saturated rings. The molecule has 1 heterocycles. The van der Waals surface area contributed by atoms with Crippen LogP contribution in [0, 0.1) is 7.14 Å². The predicted molar refractivity (Wildman–Crippen MR) is 85.7 cm³/mol. The van der Waals surface area contributed by atoms with Gasteiger partial charge in [0.25, 0.3) is 5.91 Å². The first-order valence-electron chi connectivity index (χ1n) is 4.97. The number of phenolic OH excluding ortho intramolecular Hbond substituents is 1. The molecular weight excluding hydrogens is 458 g/mol. The lowest BCUT2D eigenvalue weighted by Gasteiger charge is -2.05. The first-order valence-corrected chi connectivity index (χ1v) is 7.13. The number of hydrogen-bond donors (Lipinski definition) is 2. The summed E-state index contributed by atoms with van der Waals surface area (Å²) in [6.45, 7) is 0.